The van der Waals surface area contributed by atoms with Gasteiger partial charge in [-0.05, 0) is 36.5 Å². The summed E-state index contributed by atoms with van der Waals surface area (Å²) in [6.07, 6.45) is 2.90. The Morgan fingerprint density at radius 1 is 1.35 bits per heavy atom. The van der Waals surface area contributed by atoms with Crippen molar-refractivity contribution in [3.05, 3.63) is 34.9 Å². The standard InChI is InChI=1S/C16H23ClN2O/c1-11(2)14(12-4-6-13(17)7-5-12)19-15(20)16(10-18)8-3-9-16/h4-7,11,14H,3,8-10,18H2,1-2H3,(H,19,20). The molecular weight excluding hydrogens is 272 g/mol. The quantitative estimate of drug-likeness (QED) is 0.875. The summed E-state index contributed by atoms with van der Waals surface area (Å²) in [5, 5.41) is 3.89. The fourth-order valence-corrected chi connectivity index (χ4v) is 2.85. The lowest BCUT2D eigenvalue weighted by atomic mass is 9.68. The van der Waals surface area contributed by atoms with Gasteiger partial charge in [-0.3, -0.25) is 4.79 Å². The summed E-state index contributed by atoms with van der Waals surface area (Å²) < 4.78 is 0. The molecule has 0 aliphatic heterocycles. The molecule has 3 N–H and O–H groups in total. The van der Waals surface area contributed by atoms with Crippen molar-refractivity contribution in [1.29, 1.82) is 0 Å². The van der Waals surface area contributed by atoms with E-state index in [4.69, 9.17) is 17.3 Å². The Morgan fingerprint density at radius 2 is 1.95 bits per heavy atom. The second-order valence-corrected chi connectivity index (χ2v) is 6.52. The Balaban J connectivity index is 2.14. The molecule has 0 bridgehead atoms. The average molecular weight is 295 g/mol. The van der Waals surface area contributed by atoms with Gasteiger partial charge < -0.3 is 11.1 Å². The molecule has 1 aromatic rings. The molecule has 1 aromatic carbocycles. The van der Waals surface area contributed by atoms with Crippen molar-refractivity contribution in [1.82, 2.24) is 5.32 Å². The molecule has 1 aliphatic rings. The number of amides is 1. The minimum Gasteiger partial charge on any atom is -0.349 e. The van der Waals surface area contributed by atoms with Gasteiger partial charge in [-0.25, -0.2) is 0 Å². The van der Waals surface area contributed by atoms with Crippen LogP contribution in [0.2, 0.25) is 5.02 Å². The zero-order chi connectivity index (χ0) is 14.8. The van der Waals surface area contributed by atoms with Crippen LogP contribution in [-0.2, 0) is 4.79 Å². The molecule has 110 valence electrons. The minimum atomic E-state index is -0.334. The van der Waals surface area contributed by atoms with Crippen molar-refractivity contribution in [3.8, 4) is 0 Å². The van der Waals surface area contributed by atoms with Crippen molar-refractivity contribution in [2.75, 3.05) is 6.54 Å². The van der Waals surface area contributed by atoms with Crippen LogP contribution in [0.5, 0.6) is 0 Å². The van der Waals surface area contributed by atoms with Crippen LogP contribution in [0.3, 0.4) is 0 Å². The lowest BCUT2D eigenvalue weighted by molar-refractivity contribution is -0.136. The van der Waals surface area contributed by atoms with Crippen LogP contribution >= 0.6 is 11.6 Å². The van der Waals surface area contributed by atoms with Gasteiger partial charge in [0.25, 0.3) is 0 Å². The van der Waals surface area contributed by atoms with E-state index in [0.717, 1.165) is 24.8 Å². The number of hydrogen-bond acceptors (Lipinski definition) is 2. The Hall–Kier alpha value is -1.06. The zero-order valence-corrected chi connectivity index (χ0v) is 12.9. The van der Waals surface area contributed by atoms with E-state index in [9.17, 15) is 4.79 Å². The number of halogens is 1. The topological polar surface area (TPSA) is 55.1 Å². The third-order valence-corrected chi connectivity index (χ3v) is 4.62. The molecule has 1 fully saturated rings. The summed E-state index contributed by atoms with van der Waals surface area (Å²) in [4.78, 5) is 12.5. The fraction of sp³-hybridized carbons (Fsp3) is 0.562. The monoisotopic (exact) mass is 294 g/mol. The fourth-order valence-electron chi connectivity index (χ4n) is 2.73. The molecule has 20 heavy (non-hydrogen) atoms. The molecule has 0 radical (unpaired) electrons. The van der Waals surface area contributed by atoms with Crippen LogP contribution in [0, 0.1) is 11.3 Å². The average Bonchev–Trinajstić information content (AvgIpc) is 2.36. The normalized spacial score (nSPS) is 18.4. The molecule has 4 heteroatoms. The number of hydrogen-bond donors (Lipinski definition) is 2. The van der Waals surface area contributed by atoms with E-state index in [2.05, 4.69) is 19.2 Å². The predicted molar refractivity (Wildman–Crippen MR) is 82.5 cm³/mol. The van der Waals surface area contributed by atoms with E-state index < -0.39 is 0 Å². The first-order chi connectivity index (χ1) is 9.48. The van der Waals surface area contributed by atoms with E-state index >= 15 is 0 Å². The summed E-state index contributed by atoms with van der Waals surface area (Å²) in [7, 11) is 0. The molecule has 1 amide bonds. The van der Waals surface area contributed by atoms with Crippen molar-refractivity contribution < 1.29 is 4.79 Å². The Morgan fingerprint density at radius 3 is 2.35 bits per heavy atom. The lowest BCUT2D eigenvalue weighted by Crippen LogP contribution is -2.51. The highest BCUT2D eigenvalue weighted by atomic mass is 35.5. The Labute approximate surface area is 125 Å². The summed E-state index contributed by atoms with van der Waals surface area (Å²) in [5.74, 6) is 0.412. The molecule has 1 unspecified atom stereocenters. The summed E-state index contributed by atoms with van der Waals surface area (Å²) in [5.41, 5.74) is 6.56. The van der Waals surface area contributed by atoms with E-state index in [1.807, 2.05) is 24.3 Å². The number of nitrogens with two attached hydrogens (primary N) is 1. The molecule has 0 heterocycles. The third kappa shape index (κ3) is 2.99. The first-order valence-electron chi connectivity index (χ1n) is 7.25. The van der Waals surface area contributed by atoms with Crippen LogP contribution in [0.1, 0.15) is 44.7 Å². The van der Waals surface area contributed by atoms with E-state index in [-0.39, 0.29) is 17.4 Å². The molecule has 1 saturated carbocycles. The highest BCUT2D eigenvalue weighted by molar-refractivity contribution is 6.30. The van der Waals surface area contributed by atoms with Crippen LogP contribution in [-0.4, -0.2) is 12.5 Å². The second-order valence-electron chi connectivity index (χ2n) is 6.08. The highest BCUT2D eigenvalue weighted by Crippen LogP contribution is 2.40. The minimum absolute atomic E-state index is 0.00351. The van der Waals surface area contributed by atoms with Gasteiger partial charge in [0.05, 0.1) is 11.5 Å². The summed E-state index contributed by atoms with van der Waals surface area (Å²) in [6, 6.07) is 7.68. The van der Waals surface area contributed by atoms with Gasteiger partial charge in [-0.2, -0.15) is 0 Å². The number of carbonyl (C=O) groups is 1. The van der Waals surface area contributed by atoms with Crippen molar-refractivity contribution in [3.63, 3.8) is 0 Å². The second kappa shape index (κ2) is 6.15. The van der Waals surface area contributed by atoms with Gasteiger partial charge in [-0.1, -0.05) is 44.0 Å². The van der Waals surface area contributed by atoms with Gasteiger partial charge >= 0.3 is 0 Å². The maximum Gasteiger partial charge on any atom is 0.227 e. The van der Waals surface area contributed by atoms with Crippen LogP contribution in [0.25, 0.3) is 0 Å². The maximum absolute atomic E-state index is 12.5. The SMILES string of the molecule is CC(C)C(NC(=O)C1(CN)CCC1)c1ccc(Cl)cc1. The smallest absolute Gasteiger partial charge is 0.227 e. The van der Waals surface area contributed by atoms with Crippen molar-refractivity contribution >= 4 is 17.5 Å². The zero-order valence-electron chi connectivity index (χ0n) is 12.2. The Kier molecular flexibility index (Phi) is 4.71. The first-order valence-corrected chi connectivity index (χ1v) is 7.63. The molecule has 2 rings (SSSR count). The molecule has 0 saturated heterocycles. The third-order valence-electron chi connectivity index (χ3n) is 4.37. The number of carbonyl (C=O) groups excluding carboxylic acids is 1. The largest absolute Gasteiger partial charge is 0.349 e. The molecule has 1 aliphatic carbocycles. The van der Waals surface area contributed by atoms with E-state index in [1.165, 1.54) is 0 Å². The Bertz CT molecular complexity index is 460. The molecule has 3 nitrogen and oxygen atoms in total. The predicted octanol–water partition coefficient (Wildman–Crippen LogP) is 3.28. The van der Waals surface area contributed by atoms with Crippen LogP contribution in [0.4, 0.5) is 0 Å². The van der Waals surface area contributed by atoms with Gasteiger partial charge in [-0.15, -0.1) is 0 Å². The maximum atomic E-state index is 12.5. The number of rotatable bonds is 5. The molecule has 1 atom stereocenters. The molecule has 0 aromatic heterocycles. The van der Waals surface area contributed by atoms with Gasteiger partial charge in [0.2, 0.25) is 5.91 Å². The van der Waals surface area contributed by atoms with Crippen molar-refractivity contribution in [2.24, 2.45) is 17.1 Å². The van der Waals surface area contributed by atoms with Crippen LogP contribution in [0.15, 0.2) is 24.3 Å². The van der Waals surface area contributed by atoms with E-state index in [0.29, 0.717) is 17.5 Å². The molecular formula is C16H23ClN2O. The van der Waals surface area contributed by atoms with Crippen molar-refractivity contribution in [2.45, 2.75) is 39.2 Å². The summed E-state index contributed by atoms with van der Waals surface area (Å²) >= 11 is 5.92. The summed E-state index contributed by atoms with van der Waals surface area (Å²) in [6.45, 7) is 4.65. The molecule has 0 spiro atoms. The highest BCUT2D eigenvalue weighted by Gasteiger charge is 2.43. The number of benzene rings is 1. The first kappa shape index (κ1) is 15.3. The lowest BCUT2D eigenvalue weighted by Gasteiger charge is -2.40. The van der Waals surface area contributed by atoms with E-state index in [1.54, 1.807) is 0 Å². The van der Waals surface area contributed by atoms with Gasteiger partial charge in [0.1, 0.15) is 0 Å². The van der Waals surface area contributed by atoms with Gasteiger partial charge in [0.15, 0.2) is 0 Å². The number of nitrogens with one attached hydrogen (secondary N) is 1. The van der Waals surface area contributed by atoms with Gasteiger partial charge in [0, 0.05) is 11.6 Å². The van der Waals surface area contributed by atoms with Crippen LogP contribution < -0.4 is 11.1 Å².